The zero-order valence-electron chi connectivity index (χ0n) is 11.1. The van der Waals surface area contributed by atoms with Gasteiger partial charge in [0.25, 0.3) is 0 Å². The summed E-state index contributed by atoms with van der Waals surface area (Å²) in [5.74, 6) is 1.38. The average molecular weight is 265 g/mol. The van der Waals surface area contributed by atoms with Gasteiger partial charge < -0.3 is 9.47 Å². The van der Waals surface area contributed by atoms with E-state index in [-0.39, 0.29) is 12.7 Å². The lowest BCUT2D eigenvalue weighted by Crippen LogP contribution is -1.98. The van der Waals surface area contributed by atoms with E-state index >= 15 is 0 Å². The van der Waals surface area contributed by atoms with Crippen molar-refractivity contribution in [3.05, 3.63) is 59.7 Å². The normalized spacial score (nSPS) is 13.8. The molecule has 20 heavy (non-hydrogen) atoms. The number of benzene rings is 2. The minimum atomic E-state index is -0.121. The molecule has 2 aromatic rings. The predicted molar refractivity (Wildman–Crippen MR) is 75.7 cm³/mol. The van der Waals surface area contributed by atoms with Crippen LogP contribution in [0.5, 0.6) is 11.5 Å². The average Bonchev–Trinajstić information content (AvgIpc) is 2.96. The van der Waals surface area contributed by atoms with Crippen molar-refractivity contribution in [3.8, 4) is 17.6 Å². The fourth-order valence-corrected chi connectivity index (χ4v) is 2.39. The van der Waals surface area contributed by atoms with Gasteiger partial charge in [0.15, 0.2) is 11.5 Å². The van der Waals surface area contributed by atoms with Gasteiger partial charge in [0.2, 0.25) is 6.79 Å². The first kappa shape index (κ1) is 12.6. The second-order valence-corrected chi connectivity index (χ2v) is 4.82. The molecular weight excluding hydrogens is 250 g/mol. The molecular formula is C17H15NO2. The molecule has 0 fully saturated rings. The molecule has 0 N–H and O–H groups in total. The molecule has 0 amide bonds. The van der Waals surface area contributed by atoms with E-state index in [2.05, 4.69) is 18.2 Å². The summed E-state index contributed by atoms with van der Waals surface area (Å²) in [6, 6.07) is 18.4. The van der Waals surface area contributed by atoms with E-state index in [1.807, 2.05) is 36.4 Å². The highest BCUT2D eigenvalue weighted by atomic mass is 16.7. The van der Waals surface area contributed by atoms with E-state index in [0.717, 1.165) is 29.9 Å². The second-order valence-electron chi connectivity index (χ2n) is 4.82. The molecule has 0 saturated heterocycles. The van der Waals surface area contributed by atoms with E-state index in [1.165, 1.54) is 5.56 Å². The number of nitriles is 1. The number of nitrogens with zero attached hydrogens (tertiary/aromatic N) is 1. The number of ether oxygens (including phenoxy) is 2. The summed E-state index contributed by atoms with van der Waals surface area (Å²) in [6.07, 6.45) is 1.70. The molecule has 1 atom stereocenters. The summed E-state index contributed by atoms with van der Waals surface area (Å²) < 4.78 is 10.7. The van der Waals surface area contributed by atoms with E-state index in [0.29, 0.717) is 0 Å². The van der Waals surface area contributed by atoms with Crippen LogP contribution < -0.4 is 9.47 Å². The van der Waals surface area contributed by atoms with E-state index < -0.39 is 0 Å². The van der Waals surface area contributed by atoms with Crippen LogP contribution in [0.3, 0.4) is 0 Å². The first-order valence-electron chi connectivity index (χ1n) is 6.70. The molecule has 100 valence electrons. The molecule has 3 nitrogen and oxygen atoms in total. The summed E-state index contributed by atoms with van der Waals surface area (Å²) in [6.45, 7) is 0.264. The van der Waals surface area contributed by atoms with Crippen LogP contribution in [0.4, 0.5) is 0 Å². The highest BCUT2D eigenvalue weighted by molar-refractivity contribution is 5.46. The molecule has 1 aliphatic heterocycles. The Morgan fingerprint density at radius 1 is 1.05 bits per heavy atom. The third-order valence-corrected chi connectivity index (χ3v) is 3.52. The third kappa shape index (κ3) is 2.60. The van der Waals surface area contributed by atoms with Gasteiger partial charge in [0.05, 0.1) is 12.0 Å². The number of hydrogen-bond donors (Lipinski definition) is 0. The van der Waals surface area contributed by atoms with Gasteiger partial charge in [-0.1, -0.05) is 36.4 Å². The highest BCUT2D eigenvalue weighted by Gasteiger charge is 2.17. The summed E-state index contributed by atoms with van der Waals surface area (Å²) in [5, 5.41) is 9.38. The van der Waals surface area contributed by atoms with E-state index in [4.69, 9.17) is 9.47 Å². The molecule has 3 heteroatoms. The summed E-state index contributed by atoms with van der Waals surface area (Å²) >= 11 is 0. The molecule has 0 saturated carbocycles. The standard InChI is InChI=1S/C17H15NO2/c18-11-15(7-6-13-4-2-1-3-5-13)14-8-9-16-17(10-14)20-12-19-16/h1-5,8-10,15H,6-7,12H2. The maximum absolute atomic E-state index is 9.38. The number of rotatable bonds is 4. The predicted octanol–water partition coefficient (Wildman–Crippen LogP) is 3.66. The third-order valence-electron chi connectivity index (χ3n) is 3.52. The fourth-order valence-electron chi connectivity index (χ4n) is 2.39. The van der Waals surface area contributed by atoms with Crippen LogP contribution in [-0.4, -0.2) is 6.79 Å². The molecule has 0 aromatic heterocycles. The zero-order chi connectivity index (χ0) is 13.8. The van der Waals surface area contributed by atoms with Gasteiger partial charge in [0, 0.05) is 0 Å². The number of fused-ring (bicyclic) bond motifs is 1. The van der Waals surface area contributed by atoms with E-state index in [1.54, 1.807) is 0 Å². The maximum Gasteiger partial charge on any atom is 0.231 e. The van der Waals surface area contributed by atoms with Crippen molar-refractivity contribution in [1.82, 2.24) is 0 Å². The molecule has 0 spiro atoms. The maximum atomic E-state index is 9.38. The van der Waals surface area contributed by atoms with Crippen molar-refractivity contribution < 1.29 is 9.47 Å². The van der Waals surface area contributed by atoms with Gasteiger partial charge in [-0.05, 0) is 36.1 Å². The van der Waals surface area contributed by atoms with E-state index in [9.17, 15) is 5.26 Å². The Kier molecular flexibility index (Phi) is 3.56. The molecule has 1 aliphatic rings. The second kappa shape index (κ2) is 5.66. The molecule has 1 unspecified atom stereocenters. The monoisotopic (exact) mass is 265 g/mol. The van der Waals surface area contributed by atoms with Gasteiger partial charge in [-0.25, -0.2) is 0 Å². The number of aryl methyl sites for hydroxylation is 1. The Labute approximate surface area is 118 Å². The first-order valence-corrected chi connectivity index (χ1v) is 6.70. The topological polar surface area (TPSA) is 42.2 Å². The minimum absolute atomic E-state index is 0.121. The van der Waals surface area contributed by atoms with Crippen LogP contribution in [0.15, 0.2) is 48.5 Å². The summed E-state index contributed by atoms with van der Waals surface area (Å²) in [4.78, 5) is 0. The lowest BCUT2D eigenvalue weighted by Gasteiger charge is -2.10. The minimum Gasteiger partial charge on any atom is -0.454 e. The zero-order valence-corrected chi connectivity index (χ0v) is 11.1. The summed E-state index contributed by atoms with van der Waals surface area (Å²) in [5.41, 5.74) is 2.25. The first-order chi connectivity index (χ1) is 9.86. The van der Waals surface area contributed by atoms with Crippen LogP contribution in [0, 0.1) is 11.3 Å². The Bertz CT molecular complexity index is 631. The van der Waals surface area contributed by atoms with Crippen molar-refractivity contribution in [2.75, 3.05) is 6.79 Å². The largest absolute Gasteiger partial charge is 0.454 e. The molecule has 1 heterocycles. The van der Waals surface area contributed by atoms with Crippen molar-refractivity contribution in [1.29, 1.82) is 5.26 Å². The fraction of sp³-hybridized carbons (Fsp3) is 0.235. The van der Waals surface area contributed by atoms with Crippen LogP contribution in [0.2, 0.25) is 0 Å². The SMILES string of the molecule is N#CC(CCc1ccccc1)c1ccc2c(c1)OCO2. The lowest BCUT2D eigenvalue weighted by molar-refractivity contribution is 0.174. The van der Waals surface area contributed by atoms with Gasteiger partial charge in [0.1, 0.15) is 0 Å². The van der Waals surface area contributed by atoms with Crippen molar-refractivity contribution >= 4 is 0 Å². The van der Waals surface area contributed by atoms with Crippen LogP contribution in [0.25, 0.3) is 0 Å². The van der Waals surface area contributed by atoms with Gasteiger partial charge in [-0.3, -0.25) is 0 Å². The lowest BCUT2D eigenvalue weighted by atomic mass is 9.93. The van der Waals surface area contributed by atoms with Crippen molar-refractivity contribution in [2.45, 2.75) is 18.8 Å². The molecule has 0 bridgehead atoms. The highest BCUT2D eigenvalue weighted by Crippen LogP contribution is 2.35. The van der Waals surface area contributed by atoms with Gasteiger partial charge >= 0.3 is 0 Å². The Hall–Kier alpha value is -2.47. The Morgan fingerprint density at radius 2 is 1.85 bits per heavy atom. The van der Waals surface area contributed by atoms with Crippen molar-refractivity contribution in [2.24, 2.45) is 0 Å². The molecule has 2 aromatic carbocycles. The Morgan fingerprint density at radius 3 is 2.65 bits per heavy atom. The molecule has 0 radical (unpaired) electrons. The quantitative estimate of drug-likeness (QED) is 0.847. The van der Waals surface area contributed by atoms with Crippen LogP contribution >= 0.6 is 0 Å². The van der Waals surface area contributed by atoms with Gasteiger partial charge in [-0.15, -0.1) is 0 Å². The van der Waals surface area contributed by atoms with Crippen LogP contribution in [0.1, 0.15) is 23.5 Å². The van der Waals surface area contributed by atoms with Crippen molar-refractivity contribution in [3.63, 3.8) is 0 Å². The van der Waals surface area contributed by atoms with Crippen LogP contribution in [-0.2, 0) is 6.42 Å². The molecule has 3 rings (SSSR count). The molecule has 0 aliphatic carbocycles. The van der Waals surface area contributed by atoms with Gasteiger partial charge in [-0.2, -0.15) is 5.26 Å². The summed E-state index contributed by atoms with van der Waals surface area (Å²) in [7, 11) is 0. The smallest absolute Gasteiger partial charge is 0.231 e. The number of hydrogen-bond acceptors (Lipinski definition) is 3. The Balaban J connectivity index is 1.72.